The predicted octanol–water partition coefficient (Wildman–Crippen LogP) is 5.37. The summed E-state index contributed by atoms with van der Waals surface area (Å²) in [6.07, 6.45) is 1.61. The third-order valence-electron chi connectivity index (χ3n) is 4.48. The highest BCUT2D eigenvalue weighted by molar-refractivity contribution is 7.86. The quantitative estimate of drug-likeness (QED) is 0.222. The Labute approximate surface area is 186 Å². The topological polar surface area (TPSA) is 144 Å². The van der Waals surface area contributed by atoms with Crippen LogP contribution in [0.3, 0.4) is 0 Å². The first-order valence-corrected chi connectivity index (χ1v) is 11.5. The first kappa shape index (κ1) is 23.3. The number of ether oxygens (including phenoxy) is 2. The number of anilines is 1. The molecule has 0 atom stereocenters. The molecule has 0 unspecified atom stereocenters. The van der Waals surface area contributed by atoms with E-state index in [-0.39, 0.29) is 0 Å². The Morgan fingerprint density at radius 1 is 0.969 bits per heavy atom. The van der Waals surface area contributed by atoms with Crippen molar-refractivity contribution in [3.63, 3.8) is 0 Å². The summed E-state index contributed by atoms with van der Waals surface area (Å²) in [6.45, 7) is 4.92. The van der Waals surface area contributed by atoms with Gasteiger partial charge in [0.1, 0.15) is 27.8 Å². The van der Waals surface area contributed by atoms with Gasteiger partial charge in [0, 0.05) is 17.1 Å². The van der Waals surface area contributed by atoms with Crippen molar-refractivity contribution in [2.75, 3.05) is 18.9 Å². The molecule has 0 radical (unpaired) electrons. The summed E-state index contributed by atoms with van der Waals surface area (Å²) in [5, 5.41) is 19.4. The van der Waals surface area contributed by atoms with Crippen molar-refractivity contribution >= 4 is 38.0 Å². The number of nitrogens with zero attached hydrogens (tertiary/aromatic N) is 2. The van der Waals surface area contributed by atoms with Crippen LogP contribution in [-0.4, -0.2) is 31.3 Å². The van der Waals surface area contributed by atoms with Crippen LogP contribution in [0.15, 0.2) is 57.6 Å². The van der Waals surface area contributed by atoms with Crippen LogP contribution >= 0.6 is 0 Å². The zero-order chi connectivity index (χ0) is 23.3. The molecule has 0 spiro atoms. The molecular formula is C22H25N3O6S. The molecule has 4 N–H and O–H groups in total. The Morgan fingerprint density at radius 2 is 1.69 bits per heavy atom. The molecule has 0 fully saturated rings. The zero-order valence-corrected chi connectivity index (χ0v) is 18.6. The second kappa shape index (κ2) is 9.84. The molecule has 170 valence electrons. The van der Waals surface area contributed by atoms with Gasteiger partial charge in [-0.3, -0.25) is 4.55 Å². The monoisotopic (exact) mass is 459 g/mol. The number of azo groups is 1. The van der Waals surface area contributed by atoms with Gasteiger partial charge in [0.15, 0.2) is 5.75 Å². The molecule has 9 nitrogen and oxygen atoms in total. The minimum Gasteiger partial charge on any atom is -0.505 e. The van der Waals surface area contributed by atoms with Crippen molar-refractivity contribution in [2.24, 2.45) is 10.2 Å². The van der Waals surface area contributed by atoms with Gasteiger partial charge in [-0.25, -0.2) is 0 Å². The number of phenolic OH excluding ortho intramolecular Hbond substituents is 1. The summed E-state index contributed by atoms with van der Waals surface area (Å²) in [4.78, 5) is -0.587. The lowest BCUT2D eigenvalue weighted by Gasteiger charge is -2.11. The van der Waals surface area contributed by atoms with Gasteiger partial charge in [0.05, 0.1) is 13.2 Å². The van der Waals surface area contributed by atoms with Gasteiger partial charge >= 0.3 is 0 Å². The van der Waals surface area contributed by atoms with Crippen molar-refractivity contribution in [3.8, 4) is 17.2 Å². The first-order chi connectivity index (χ1) is 15.2. The molecule has 3 aromatic carbocycles. The number of hydrogen-bond donors (Lipinski definition) is 3. The largest absolute Gasteiger partial charge is 0.505 e. The van der Waals surface area contributed by atoms with E-state index in [4.69, 9.17) is 15.2 Å². The fourth-order valence-electron chi connectivity index (χ4n) is 2.98. The van der Waals surface area contributed by atoms with Crippen molar-refractivity contribution in [3.05, 3.63) is 42.5 Å². The second-order valence-electron chi connectivity index (χ2n) is 7.05. The van der Waals surface area contributed by atoms with Crippen LogP contribution in [0.4, 0.5) is 17.1 Å². The van der Waals surface area contributed by atoms with E-state index in [1.54, 1.807) is 24.3 Å². The fourth-order valence-corrected chi connectivity index (χ4v) is 3.64. The Kier molecular flexibility index (Phi) is 7.16. The lowest BCUT2D eigenvalue weighted by atomic mass is 10.1. The molecule has 0 heterocycles. The minimum atomic E-state index is -4.71. The maximum atomic E-state index is 12.0. The third kappa shape index (κ3) is 5.27. The molecule has 0 amide bonds. The molecule has 0 aliphatic rings. The molecule has 3 aromatic rings. The summed E-state index contributed by atoms with van der Waals surface area (Å²) in [7, 11) is -4.71. The average molecular weight is 460 g/mol. The number of nitrogen functional groups attached to an aromatic ring is 1. The van der Waals surface area contributed by atoms with Crippen molar-refractivity contribution < 1.29 is 27.6 Å². The van der Waals surface area contributed by atoms with Crippen molar-refractivity contribution in [1.82, 2.24) is 0 Å². The van der Waals surface area contributed by atoms with E-state index in [1.807, 2.05) is 13.8 Å². The van der Waals surface area contributed by atoms with E-state index in [0.717, 1.165) is 12.8 Å². The molecule has 32 heavy (non-hydrogen) atoms. The Balaban J connectivity index is 2.11. The molecule has 3 rings (SSSR count). The summed E-state index contributed by atoms with van der Waals surface area (Å²) in [5.74, 6) is 0.546. The SMILES string of the molecule is CCCOc1ccc(N=Nc2c(S(=O)(=O)O)cc3cc(N)ccc3c2O)c(OCCC)c1. The number of hydrogen-bond acceptors (Lipinski definition) is 8. The molecule has 0 saturated carbocycles. The molecule has 0 saturated heterocycles. The van der Waals surface area contributed by atoms with Gasteiger partial charge in [0.2, 0.25) is 0 Å². The van der Waals surface area contributed by atoms with E-state index < -0.39 is 26.5 Å². The summed E-state index contributed by atoms with van der Waals surface area (Å²) in [6, 6.07) is 10.7. The van der Waals surface area contributed by atoms with Crippen LogP contribution in [0, 0.1) is 0 Å². The number of phenols is 1. The smallest absolute Gasteiger partial charge is 0.296 e. The van der Waals surface area contributed by atoms with Crippen LogP contribution in [0.1, 0.15) is 26.7 Å². The Morgan fingerprint density at radius 3 is 2.38 bits per heavy atom. The maximum Gasteiger partial charge on any atom is 0.296 e. The normalized spacial score (nSPS) is 11.8. The number of rotatable bonds is 9. The van der Waals surface area contributed by atoms with E-state index >= 15 is 0 Å². The Hall–Kier alpha value is -3.37. The standard InChI is InChI=1S/C22H25N3O6S/c1-3-9-30-16-6-8-18(19(13-16)31-10-4-2)24-25-21-20(32(27,28)29)12-14-11-15(23)5-7-17(14)22(21)26/h5-8,11-13,26H,3-4,9-10,23H2,1-2H3,(H,27,28,29). The van der Waals surface area contributed by atoms with Crippen LogP contribution in [-0.2, 0) is 10.1 Å². The van der Waals surface area contributed by atoms with Gasteiger partial charge in [-0.2, -0.15) is 8.42 Å². The third-order valence-corrected chi connectivity index (χ3v) is 5.34. The van der Waals surface area contributed by atoms with Crippen LogP contribution in [0.25, 0.3) is 10.8 Å². The Bertz CT molecular complexity index is 1260. The highest BCUT2D eigenvalue weighted by Gasteiger charge is 2.22. The lowest BCUT2D eigenvalue weighted by molar-refractivity contribution is 0.302. The lowest BCUT2D eigenvalue weighted by Crippen LogP contribution is -1.99. The average Bonchev–Trinajstić information content (AvgIpc) is 2.75. The molecule has 0 aliphatic heterocycles. The predicted molar refractivity (Wildman–Crippen MR) is 122 cm³/mol. The van der Waals surface area contributed by atoms with Crippen LogP contribution in [0.2, 0.25) is 0 Å². The number of fused-ring (bicyclic) bond motifs is 1. The minimum absolute atomic E-state index is 0.306. The second-order valence-corrected chi connectivity index (χ2v) is 8.44. The summed E-state index contributed by atoms with van der Waals surface area (Å²) >= 11 is 0. The first-order valence-electron chi connectivity index (χ1n) is 10.1. The van der Waals surface area contributed by atoms with Gasteiger partial charge in [-0.15, -0.1) is 10.2 Å². The van der Waals surface area contributed by atoms with Gasteiger partial charge in [-0.1, -0.05) is 13.8 Å². The fraction of sp³-hybridized carbons (Fsp3) is 0.273. The molecule has 0 aliphatic carbocycles. The van der Waals surface area contributed by atoms with E-state index in [1.165, 1.54) is 18.2 Å². The van der Waals surface area contributed by atoms with E-state index in [2.05, 4.69) is 10.2 Å². The maximum absolute atomic E-state index is 12.0. The van der Waals surface area contributed by atoms with E-state index in [0.29, 0.717) is 46.9 Å². The number of nitrogens with two attached hydrogens (primary N) is 1. The molecule has 10 heteroatoms. The van der Waals surface area contributed by atoms with Gasteiger partial charge in [-0.05, 0) is 54.6 Å². The van der Waals surface area contributed by atoms with Gasteiger partial charge in [0.25, 0.3) is 10.1 Å². The van der Waals surface area contributed by atoms with Crippen LogP contribution in [0.5, 0.6) is 17.2 Å². The van der Waals surface area contributed by atoms with Gasteiger partial charge < -0.3 is 20.3 Å². The van der Waals surface area contributed by atoms with Crippen molar-refractivity contribution in [2.45, 2.75) is 31.6 Å². The number of aromatic hydroxyl groups is 1. The molecular weight excluding hydrogens is 434 g/mol. The zero-order valence-electron chi connectivity index (χ0n) is 17.8. The molecule has 0 aromatic heterocycles. The molecule has 0 bridgehead atoms. The van der Waals surface area contributed by atoms with Crippen molar-refractivity contribution in [1.29, 1.82) is 0 Å². The van der Waals surface area contributed by atoms with Crippen LogP contribution < -0.4 is 15.2 Å². The highest BCUT2D eigenvalue weighted by atomic mass is 32.2. The number of benzene rings is 3. The summed E-state index contributed by atoms with van der Waals surface area (Å²) < 4.78 is 45.0. The highest BCUT2D eigenvalue weighted by Crippen LogP contribution is 2.42. The summed E-state index contributed by atoms with van der Waals surface area (Å²) in [5.41, 5.74) is 6.03. The van der Waals surface area contributed by atoms with E-state index in [9.17, 15) is 18.1 Å².